The van der Waals surface area contributed by atoms with Crippen molar-refractivity contribution in [1.29, 1.82) is 0 Å². The summed E-state index contributed by atoms with van der Waals surface area (Å²) in [5.74, 6) is -0.0962. The zero-order chi connectivity index (χ0) is 14.0. The molecule has 19 heavy (non-hydrogen) atoms. The van der Waals surface area contributed by atoms with Gasteiger partial charge in [-0.1, -0.05) is 6.07 Å². The van der Waals surface area contributed by atoms with Crippen LogP contribution in [0, 0.1) is 22.5 Å². The van der Waals surface area contributed by atoms with Crippen molar-refractivity contribution in [3.63, 3.8) is 0 Å². The molecule has 1 aliphatic rings. The number of nitrogens with zero attached hydrogens (tertiary/aromatic N) is 1. The molecule has 1 aliphatic heterocycles. The van der Waals surface area contributed by atoms with Crippen molar-refractivity contribution >= 4 is 17.3 Å². The molecule has 1 unspecified atom stereocenters. The Labute approximate surface area is 111 Å². The molecule has 1 atom stereocenters. The highest BCUT2D eigenvalue weighted by Gasteiger charge is 2.36. The lowest BCUT2D eigenvalue weighted by molar-refractivity contribution is -0.385. The highest BCUT2D eigenvalue weighted by Crippen LogP contribution is 2.29. The Hall–Kier alpha value is -1.95. The van der Waals surface area contributed by atoms with E-state index in [1.807, 2.05) is 6.92 Å². The molecule has 1 heterocycles. The number of hydrogen-bond donors (Lipinski definition) is 2. The van der Waals surface area contributed by atoms with Crippen LogP contribution in [0.25, 0.3) is 0 Å². The lowest BCUT2D eigenvalue weighted by Crippen LogP contribution is -2.35. The maximum absolute atomic E-state index is 12.2. The molecule has 2 rings (SSSR count). The first-order valence-corrected chi connectivity index (χ1v) is 6.20. The van der Waals surface area contributed by atoms with Gasteiger partial charge in [-0.05, 0) is 32.9 Å². The molecule has 0 aromatic heterocycles. The number of nitro groups is 1. The van der Waals surface area contributed by atoms with E-state index in [1.54, 1.807) is 19.1 Å². The van der Waals surface area contributed by atoms with Crippen LogP contribution >= 0.6 is 0 Å². The maximum Gasteiger partial charge on any atom is 0.274 e. The molecule has 0 aliphatic carbocycles. The van der Waals surface area contributed by atoms with Gasteiger partial charge in [0.1, 0.15) is 0 Å². The van der Waals surface area contributed by atoms with Gasteiger partial charge in [-0.25, -0.2) is 0 Å². The van der Waals surface area contributed by atoms with Crippen molar-refractivity contribution < 1.29 is 9.72 Å². The SMILES string of the molecule is Cc1c(NC(=O)C2(C)CCNC2)cccc1[N+](=O)[O-]. The zero-order valence-electron chi connectivity index (χ0n) is 11.0. The number of benzene rings is 1. The van der Waals surface area contributed by atoms with Crippen LogP contribution in [0.15, 0.2) is 18.2 Å². The minimum atomic E-state index is -0.447. The van der Waals surface area contributed by atoms with Crippen LogP contribution in [0.1, 0.15) is 18.9 Å². The van der Waals surface area contributed by atoms with E-state index in [4.69, 9.17) is 0 Å². The molecule has 2 N–H and O–H groups in total. The van der Waals surface area contributed by atoms with Crippen molar-refractivity contribution in [3.05, 3.63) is 33.9 Å². The van der Waals surface area contributed by atoms with E-state index < -0.39 is 10.3 Å². The molecule has 1 aromatic carbocycles. The minimum absolute atomic E-state index is 0.0208. The Balaban J connectivity index is 2.22. The Morgan fingerprint density at radius 1 is 1.53 bits per heavy atom. The number of anilines is 1. The van der Waals surface area contributed by atoms with Crippen LogP contribution in [0.5, 0.6) is 0 Å². The number of amides is 1. The molecule has 0 radical (unpaired) electrons. The fourth-order valence-corrected chi connectivity index (χ4v) is 2.24. The van der Waals surface area contributed by atoms with Crippen LogP contribution in [-0.4, -0.2) is 23.9 Å². The highest BCUT2D eigenvalue weighted by molar-refractivity contribution is 5.96. The molecular formula is C13H17N3O3. The number of rotatable bonds is 3. The smallest absolute Gasteiger partial charge is 0.274 e. The van der Waals surface area contributed by atoms with Gasteiger partial charge in [-0.2, -0.15) is 0 Å². The Morgan fingerprint density at radius 2 is 2.26 bits per heavy atom. The molecule has 0 bridgehead atoms. The molecule has 6 nitrogen and oxygen atoms in total. The minimum Gasteiger partial charge on any atom is -0.325 e. The third kappa shape index (κ3) is 2.58. The first-order valence-electron chi connectivity index (χ1n) is 6.20. The van der Waals surface area contributed by atoms with Gasteiger partial charge in [0.25, 0.3) is 5.69 Å². The van der Waals surface area contributed by atoms with Crippen LogP contribution in [0.3, 0.4) is 0 Å². The Kier molecular flexibility index (Phi) is 3.53. The predicted octanol–water partition coefficient (Wildman–Crippen LogP) is 1.84. The summed E-state index contributed by atoms with van der Waals surface area (Å²) in [6.45, 7) is 4.99. The third-order valence-electron chi connectivity index (χ3n) is 3.67. The first kappa shape index (κ1) is 13.5. The lowest BCUT2D eigenvalue weighted by atomic mass is 9.88. The molecule has 102 valence electrons. The van der Waals surface area contributed by atoms with Gasteiger partial charge >= 0.3 is 0 Å². The van der Waals surface area contributed by atoms with Gasteiger partial charge in [-0.15, -0.1) is 0 Å². The molecule has 0 spiro atoms. The first-order chi connectivity index (χ1) is 8.94. The van der Waals surface area contributed by atoms with Crippen LogP contribution in [0.4, 0.5) is 11.4 Å². The van der Waals surface area contributed by atoms with Gasteiger partial charge in [-0.3, -0.25) is 14.9 Å². The van der Waals surface area contributed by atoms with Crippen molar-refractivity contribution in [2.24, 2.45) is 5.41 Å². The van der Waals surface area contributed by atoms with E-state index in [0.29, 0.717) is 17.8 Å². The van der Waals surface area contributed by atoms with Gasteiger partial charge in [0.2, 0.25) is 5.91 Å². The van der Waals surface area contributed by atoms with Gasteiger partial charge in [0.05, 0.1) is 21.6 Å². The summed E-state index contributed by atoms with van der Waals surface area (Å²) in [5.41, 5.74) is 0.562. The third-order valence-corrected chi connectivity index (χ3v) is 3.67. The number of nitrogens with one attached hydrogen (secondary N) is 2. The summed E-state index contributed by atoms with van der Waals surface area (Å²) >= 11 is 0. The van der Waals surface area contributed by atoms with E-state index in [1.165, 1.54) is 6.07 Å². The number of carbonyl (C=O) groups excluding carboxylic acids is 1. The van der Waals surface area contributed by atoms with Crippen molar-refractivity contribution in [1.82, 2.24) is 5.32 Å². The van der Waals surface area contributed by atoms with E-state index in [9.17, 15) is 14.9 Å². The normalized spacial score (nSPS) is 22.2. The summed E-state index contributed by atoms with van der Waals surface area (Å²) < 4.78 is 0. The quantitative estimate of drug-likeness (QED) is 0.643. The van der Waals surface area contributed by atoms with Crippen LogP contribution in [-0.2, 0) is 4.79 Å². The van der Waals surface area contributed by atoms with Crippen molar-refractivity contribution in [2.75, 3.05) is 18.4 Å². The topological polar surface area (TPSA) is 84.3 Å². The van der Waals surface area contributed by atoms with E-state index in [2.05, 4.69) is 10.6 Å². The predicted molar refractivity (Wildman–Crippen MR) is 72.1 cm³/mol. The largest absolute Gasteiger partial charge is 0.325 e. The molecule has 1 amide bonds. The molecule has 1 aromatic rings. The highest BCUT2D eigenvalue weighted by atomic mass is 16.6. The van der Waals surface area contributed by atoms with Gasteiger partial charge in [0.15, 0.2) is 0 Å². The van der Waals surface area contributed by atoms with Crippen molar-refractivity contribution in [2.45, 2.75) is 20.3 Å². The Bertz CT molecular complexity index is 522. The average Bonchev–Trinajstić information content (AvgIpc) is 2.80. The summed E-state index contributed by atoms with van der Waals surface area (Å²) in [4.78, 5) is 22.7. The number of nitro benzene ring substituents is 1. The Morgan fingerprint density at radius 3 is 2.84 bits per heavy atom. The second-order valence-corrected chi connectivity index (χ2v) is 5.15. The lowest BCUT2D eigenvalue weighted by Gasteiger charge is -2.22. The van der Waals surface area contributed by atoms with E-state index in [0.717, 1.165) is 13.0 Å². The summed E-state index contributed by atoms with van der Waals surface area (Å²) in [5, 5.41) is 16.8. The second kappa shape index (κ2) is 4.97. The molecule has 1 fully saturated rings. The summed E-state index contributed by atoms with van der Waals surface area (Å²) in [6.07, 6.45) is 0.771. The summed E-state index contributed by atoms with van der Waals surface area (Å²) in [6, 6.07) is 4.70. The maximum atomic E-state index is 12.2. The zero-order valence-corrected chi connectivity index (χ0v) is 11.0. The fourth-order valence-electron chi connectivity index (χ4n) is 2.24. The standard InChI is InChI=1S/C13H17N3O3/c1-9-10(4-3-5-11(9)16(18)19)15-12(17)13(2)6-7-14-8-13/h3-5,14H,6-8H2,1-2H3,(H,15,17). The van der Waals surface area contributed by atoms with E-state index in [-0.39, 0.29) is 11.6 Å². The van der Waals surface area contributed by atoms with Crippen molar-refractivity contribution in [3.8, 4) is 0 Å². The summed E-state index contributed by atoms with van der Waals surface area (Å²) in [7, 11) is 0. The van der Waals surface area contributed by atoms with Gasteiger partial charge < -0.3 is 10.6 Å². The second-order valence-electron chi connectivity index (χ2n) is 5.15. The van der Waals surface area contributed by atoms with Crippen LogP contribution < -0.4 is 10.6 Å². The molecular weight excluding hydrogens is 246 g/mol. The van der Waals surface area contributed by atoms with E-state index >= 15 is 0 Å². The molecule has 0 saturated carbocycles. The monoisotopic (exact) mass is 263 g/mol. The van der Waals surface area contributed by atoms with Crippen LogP contribution in [0.2, 0.25) is 0 Å². The molecule has 6 heteroatoms. The number of carbonyl (C=O) groups is 1. The average molecular weight is 263 g/mol. The number of hydrogen-bond acceptors (Lipinski definition) is 4. The van der Waals surface area contributed by atoms with Gasteiger partial charge in [0, 0.05) is 12.6 Å². The fraction of sp³-hybridized carbons (Fsp3) is 0.462. The molecule has 1 saturated heterocycles.